The van der Waals surface area contributed by atoms with Gasteiger partial charge in [-0.2, -0.15) is 0 Å². The van der Waals surface area contributed by atoms with Crippen LogP contribution >= 0.6 is 0 Å². The minimum absolute atomic E-state index is 0.176. The molecule has 0 fully saturated rings. The molecule has 2 N–H and O–H groups in total. The van der Waals surface area contributed by atoms with Crippen molar-refractivity contribution in [3.8, 4) is 0 Å². The molecule has 1 heterocycles. The molecule has 1 aromatic rings. The van der Waals surface area contributed by atoms with Crippen LogP contribution in [0.2, 0.25) is 0 Å². The molecule has 0 aliphatic heterocycles. The maximum Gasteiger partial charge on any atom is 0.169 e. The molecule has 0 aromatic carbocycles. The maximum atomic E-state index is 13.9. The highest BCUT2D eigenvalue weighted by Crippen LogP contribution is 2.15. The van der Waals surface area contributed by atoms with Gasteiger partial charge in [0.25, 0.3) is 0 Å². The summed E-state index contributed by atoms with van der Waals surface area (Å²) < 4.78 is 13.9. The van der Waals surface area contributed by atoms with Crippen molar-refractivity contribution in [2.45, 2.75) is 46.3 Å². The molecule has 0 amide bonds. The van der Waals surface area contributed by atoms with Gasteiger partial charge >= 0.3 is 0 Å². The van der Waals surface area contributed by atoms with Crippen molar-refractivity contribution in [2.75, 3.05) is 5.32 Å². The van der Waals surface area contributed by atoms with Crippen LogP contribution in [-0.4, -0.2) is 17.1 Å². The Balaban J connectivity index is 2.78. The third-order valence-corrected chi connectivity index (χ3v) is 2.10. The van der Waals surface area contributed by atoms with Crippen LogP contribution in [0.4, 0.5) is 10.2 Å². The Morgan fingerprint density at radius 2 is 1.94 bits per heavy atom. The van der Waals surface area contributed by atoms with Gasteiger partial charge in [-0.05, 0) is 19.9 Å². The second-order valence-corrected chi connectivity index (χ2v) is 4.47. The Labute approximate surface area is 96.5 Å². The Morgan fingerprint density at radius 1 is 1.25 bits per heavy atom. The molecule has 0 atom stereocenters. The molecule has 0 saturated carbocycles. The van der Waals surface area contributed by atoms with Gasteiger partial charge in [-0.15, -0.1) is 0 Å². The van der Waals surface area contributed by atoms with E-state index in [1.165, 1.54) is 0 Å². The first kappa shape index (κ1) is 12.9. The number of rotatable bonds is 5. The number of nitrogens with zero attached hydrogens (tertiary/aromatic N) is 1. The van der Waals surface area contributed by atoms with Gasteiger partial charge in [0, 0.05) is 30.4 Å². The first-order valence-corrected chi connectivity index (χ1v) is 5.64. The van der Waals surface area contributed by atoms with E-state index in [-0.39, 0.29) is 11.9 Å². The zero-order valence-corrected chi connectivity index (χ0v) is 10.3. The van der Waals surface area contributed by atoms with Crippen LogP contribution in [0.15, 0.2) is 12.3 Å². The predicted molar refractivity (Wildman–Crippen MR) is 64.9 cm³/mol. The average molecular weight is 225 g/mol. The molecule has 4 heteroatoms. The fraction of sp³-hybridized carbons (Fsp3) is 0.583. The maximum absolute atomic E-state index is 13.9. The van der Waals surface area contributed by atoms with E-state index in [2.05, 4.69) is 15.6 Å². The molecule has 1 aromatic heterocycles. The molecule has 0 bridgehead atoms. The van der Waals surface area contributed by atoms with Crippen molar-refractivity contribution in [3.63, 3.8) is 0 Å². The minimum atomic E-state index is -0.260. The minimum Gasteiger partial charge on any atom is -0.365 e. The molecule has 3 nitrogen and oxygen atoms in total. The van der Waals surface area contributed by atoms with Crippen molar-refractivity contribution in [2.24, 2.45) is 0 Å². The van der Waals surface area contributed by atoms with Crippen molar-refractivity contribution in [3.05, 3.63) is 23.6 Å². The van der Waals surface area contributed by atoms with E-state index in [9.17, 15) is 4.39 Å². The number of aromatic nitrogens is 1. The summed E-state index contributed by atoms with van der Waals surface area (Å²) in [6, 6.07) is 2.22. The van der Waals surface area contributed by atoms with Crippen molar-refractivity contribution in [1.82, 2.24) is 10.3 Å². The second-order valence-electron chi connectivity index (χ2n) is 4.47. The molecule has 0 aliphatic carbocycles. The third kappa shape index (κ3) is 3.77. The molecule has 0 unspecified atom stereocenters. The summed E-state index contributed by atoms with van der Waals surface area (Å²) >= 11 is 0. The van der Waals surface area contributed by atoms with Crippen LogP contribution in [0.25, 0.3) is 0 Å². The second kappa shape index (κ2) is 5.80. The van der Waals surface area contributed by atoms with Gasteiger partial charge in [0.2, 0.25) is 0 Å². The van der Waals surface area contributed by atoms with Gasteiger partial charge in [0.05, 0.1) is 0 Å². The molecular formula is C12H20FN3. The zero-order chi connectivity index (χ0) is 12.1. The number of nitrogens with one attached hydrogen (secondary N) is 2. The van der Waals surface area contributed by atoms with Crippen molar-refractivity contribution >= 4 is 5.82 Å². The molecule has 0 saturated heterocycles. The molecule has 0 aliphatic rings. The molecule has 0 spiro atoms. The van der Waals surface area contributed by atoms with E-state index in [1.54, 1.807) is 12.3 Å². The van der Waals surface area contributed by atoms with E-state index in [4.69, 9.17) is 0 Å². The van der Waals surface area contributed by atoms with Gasteiger partial charge < -0.3 is 10.6 Å². The predicted octanol–water partition coefficient (Wildman–Crippen LogP) is 2.54. The van der Waals surface area contributed by atoms with Crippen LogP contribution in [0.3, 0.4) is 0 Å². The van der Waals surface area contributed by atoms with Gasteiger partial charge in [-0.25, -0.2) is 9.37 Å². The lowest BCUT2D eigenvalue weighted by atomic mass is 10.2. The third-order valence-electron chi connectivity index (χ3n) is 2.10. The van der Waals surface area contributed by atoms with Crippen LogP contribution in [0.1, 0.15) is 33.3 Å². The highest BCUT2D eigenvalue weighted by atomic mass is 19.1. The van der Waals surface area contributed by atoms with Crippen LogP contribution in [-0.2, 0) is 6.54 Å². The Hall–Kier alpha value is -1.16. The SMILES string of the molecule is CC(C)NCc1ccnc(NC(C)C)c1F. The zero-order valence-electron chi connectivity index (χ0n) is 10.3. The first-order chi connectivity index (χ1) is 7.50. The Kier molecular flexibility index (Phi) is 4.68. The number of hydrogen-bond donors (Lipinski definition) is 2. The van der Waals surface area contributed by atoms with Gasteiger partial charge in [0.15, 0.2) is 11.6 Å². The summed E-state index contributed by atoms with van der Waals surface area (Å²) in [6.45, 7) is 8.51. The number of anilines is 1. The lowest BCUT2D eigenvalue weighted by Gasteiger charge is -2.13. The van der Waals surface area contributed by atoms with E-state index in [0.29, 0.717) is 24.0 Å². The quantitative estimate of drug-likeness (QED) is 0.808. The summed E-state index contributed by atoms with van der Waals surface area (Å²) in [7, 11) is 0. The Morgan fingerprint density at radius 3 is 2.50 bits per heavy atom. The Bertz CT molecular complexity index is 337. The van der Waals surface area contributed by atoms with Crippen molar-refractivity contribution < 1.29 is 4.39 Å². The summed E-state index contributed by atoms with van der Waals surface area (Å²) in [4.78, 5) is 3.99. The molecule has 16 heavy (non-hydrogen) atoms. The molecule has 90 valence electrons. The normalized spacial score (nSPS) is 11.2. The lowest BCUT2D eigenvalue weighted by molar-refractivity contribution is 0.551. The average Bonchev–Trinajstić information content (AvgIpc) is 2.18. The molecule has 0 radical (unpaired) electrons. The number of hydrogen-bond acceptors (Lipinski definition) is 3. The van der Waals surface area contributed by atoms with Gasteiger partial charge in [0.1, 0.15) is 0 Å². The smallest absolute Gasteiger partial charge is 0.169 e. The van der Waals surface area contributed by atoms with E-state index < -0.39 is 0 Å². The van der Waals surface area contributed by atoms with Gasteiger partial charge in [-0.1, -0.05) is 13.8 Å². The summed E-state index contributed by atoms with van der Waals surface area (Å²) in [5.74, 6) is 0.0717. The fourth-order valence-electron chi connectivity index (χ4n) is 1.31. The monoisotopic (exact) mass is 225 g/mol. The van der Waals surface area contributed by atoms with Crippen LogP contribution in [0, 0.1) is 5.82 Å². The van der Waals surface area contributed by atoms with E-state index in [0.717, 1.165) is 0 Å². The van der Waals surface area contributed by atoms with E-state index in [1.807, 2.05) is 27.7 Å². The lowest BCUT2D eigenvalue weighted by Crippen LogP contribution is -2.23. The fourth-order valence-corrected chi connectivity index (χ4v) is 1.31. The molecule has 1 rings (SSSR count). The number of halogens is 1. The summed E-state index contributed by atoms with van der Waals surface area (Å²) in [6.07, 6.45) is 1.63. The van der Waals surface area contributed by atoms with E-state index >= 15 is 0 Å². The van der Waals surface area contributed by atoms with Crippen LogP contribution in [0.5, 0.6) is 0 Å². The van der Waals surface area contributed by atoms with Crippen LogP contribution < -0.4 is 10.6 Å². The van der Waals surface area contributed by atoms with Gasteiger partial charge in [-0.3, -0.25) is 0 Å². The summed E-state index contributed by atoms with van der Waals surface area (Å²) in [5, 5.41) is 6.17. The van der Waals surface area contributed by atoms with Crippen molar-refractivity contribution in [1.29, 1.82) is 0 Å². The topological polar surface area (TPSA) is 37.0 Å². The standard InChI is InChI=1S/C12H20FN3/c1-8(2)15-7-10-5-6-14-12(11(10)13)16-9(3)4/h5-6,8-9,15H,7H2,1-4H3,(H,14,16). The first-order valence-electron chi connectivity index (χ1n) is 5.64. The summed E-state index contributed by atoms with van der Waals surface area (Å²) in [5.41, 5.74) is 0.645. The highest BCUT2D eigenvalue weighted by molar-refractivity contribution is 5.40. The number of pyridine rings is 1. The largest absolute Gasteiger partial charge is 0.365 e. The highest BCUT2D eigenvalue weighted by Gasteiger charge is 2.10. The molecular weight excluding hydrogens is 205 g/mol.